The van der Waals surface area contributed by atoms with Gasteiger partial charge in [-0.2, -0.15) is 0 Å². The predicted molar refractivity (Wildman–Crippen MR) is 173 cm³/mol. The van der Waals surface area contributed by atoms with Gasteiger partial charge in [0.15, 0.2) is 5.82 Å². The molecule has 0 radical (unpaired) electrons. The van der Waals surface area contributed by atoms with Crippen LogP contribution in [0, 0.1) is 5.92 Å². The van der Waals surface area contributed by atoms with E-state index in [0.29, 0.717) is 17.1 Å². The molecule has 0 aliphatic rings. The number of carbonyl (C=O) groups is 1. The molecule has 1 heterocycles. The molecule has 0 saturated heterocycles. The Morgan fingerprint density at radius 1 is 0.714 bits per heavy atom. The Morgan fingerprint density at radius 2 is 1.31 bits per heavy atom. The van der Waals surface area contributed by atoms with Crippen molar-refractivity contribution in [3.05, 3.63) is 72.1 Å². The smallest absolute Gasteiger partial charge is 0.343 e. The molecule has 228 valence electrons. The van der Waals surface area contributed by atoms with Crippen LogP contribution in [0.4, 0.5) is 0 Å². The van der Waals surface area contributed by atoms with Crippen molar-refractivity contribution >= 4 is 5.97 Å². The molecule has 0 saturated carbocycles. The van der Waals surface area contributed by atoms with Crippen molar-refractivity contribution < 1.29 is 14.3 Å². The molecule has 0 bridgehead atoms. The zero-order valence-electron chi connectivity index (χ0n) is 26.4. The Balaban J connectivity index is 1.38. The van der Waals surface area contributed by atoms with Gasteiger partial charge >= 0.3 is 5.97 Å². The summed E-state index contributed by atoms with van der Waals surface area (Å²) in [6.45, 7) is 8.95. The van der Waals surface area contributed by atoms with Crippen molar-refractivity contribution in [3.8, 4) is 22.9 Å². The first-order chi connectivity index (χ1) is 20.5. The van der Waals surface area contributed by atoms with Crippen LogP contribution < -0.4 is 9.47 Å². The number of hydrogen-bond acceptors (Lipinski definition) is 5. The summed E-state index contributed by atoms with van der Waals surface area (Å²) in [6, 6.07) is 14.5. The molecule has 0 spiro atoms. The fourth-order valence-electron chi connectivity index (χ4n) is 5.02. The Morgan fingerprint density at radius 3 is 1.98 bits per heavy atom. The van der Waals surface area contributed by atoms with Gasteiger partial charge < -0.3 is 9.47 Å². The Kier molecular flexibility index (Phi) is 15.1. The average molecular weight is 573 g/mol. The molecule has 0 N–H and O–H groups in total. The van der Waals surface area contributed by atoms with E-state index in [1.54, 1.807) is 24.3 Å². The minimum atomic E-state index is -0.395. The monoisotopic (exact) mass is 572 g/mol. The maximum Gasteiger partial charge on any atom is 0.343 e. The summed E-state index contributed by atoms with van der Waals surface area (Å²) < 4.78 is 11.6. The number of esters is 1. The fraction of sp³-hybridized carbons (Fsp3) is 0.541. The lowest BCUT2D eigenvalue weighted by molar-refractivity contribution is 0.0734. The first kappa shape index (κ1) is 33.3. The number of ether oxygens (including phenoxy) is 2. The van der Waals surface area contributed by atoms with Crippen LogP contribution in [-0.2, 0) is 6.42 Å². The third-order valence-electron chi connectivity index (χ3n) is 8.03. The van der Waals surface area contributed by atoms with Crippen LogP contribution in [-0.4, -0.2) is 22.0 Å². The van der Waals surface area contributed by atoms with Crippen LogP contribution in [0.25, 0.3) is 11.4 Å². The van der Waals surface area contributed by atoms with Gasteiger partial charge in [0.25, 0.3) is 0 Å². The van der Waals surface area contributed by atoms with Crippen molar-refractivity contribution in [2.45, 2.75) is 124 Å². The van der Waals surface area contributed by atoms with Crippen molar-refractivity contribution in [1.29, 1.82) is 0 Å². The molecule has 0 aliphatic carbocycles. The van der Waals surface area contributed by atoms with E-state index >= 15 is 0 Å². The van der Waals surface area contributed by atoms with E-state index in [-0.39, 0.29) is 6.10 Å². The maximum absolute atomic E-state index is 12.7. The second-order valence-electron chi connectivity index (χ2n) is 11.8. The van der Waals surface area contributed by atoms with E-state index < -0.39 is 5.97 Å². The quantitative estimate of drug-likeness (QED) is 0.0765. The molecule has 42 heavy (non-hydrogen) atoms. The molecular weight excluding hydrogens is 520 g/mol. The normalized spacial score (nSPS) is 12.6. The van der Waals surface area contributed by atoms with Crippen LogP contribution >= 0.6 is 0 Å². The fourth-order valence-corrected chi connectivity index (χ4v) is 5.02. The number of rotatable bonds is 20. The van der Waals surface area contributed by atoms with Gasteiger partial charge in [0, 0.05) is 18.0 Å². The van der Waals surface area contributed by atoms with E-state index in [1.165, 1.54) is 82.6 Å². The number of nitrogens with zero attached hydrogens (tertiary/aromatic N) is 2. The summed E-state index contributed by atoms with van der Waals surface area (Å²) in [5.41, 5.74) is 2.56. The Bertz CT molecular complexity index is 1140. The van der Waals surface area contributed by atoms with Crippen LogP contribution in [0.2, 0.25) is 0 Å². The van der Waals surface area contributed by atoms with Crippen molar-refractivity contribution in [2.75, 3.05) is 0 Å². The van der Waals surface area contributed by atoms with Gasteiger partial charge in [-0.05, 0) is 92.6 Å². The second kappa shape index (κ2) is 19.1. The van der Waals surface area contributed by atoms with Crippen LogP contribution in [0.1, 0.15) is 127 Å². The topological polar surface area (TPSA) is 61.3 Å². The first-order valence-electron chi connectivity index (χ1n) is 16.4. The zero-order valence-corrected chi connectivity index (χ0v) is 26.4. The number of aromatic nitrogens is 2. The van der Waals surface area contributed by atoms with Gasteiger partial charge in [0.05, 0.1) is 11.7 Å². The van der Waals surface area contributed by atoms with E-state index in [9.17, 15) is 4.79 Å². The highest BCUT2D eigenvalue weighted by Crippen LogP contribution is 2.22. The van der Waals surface area contributed by atoms with Crippen molar-refractivity contribution in [2.24, 2.45) is 5.92 Å². The molecular formula is C37H52N2O3. The summed E-state index contributed by atoms with van der Waals surface area (Å²) in [5.74, 6) is 2.41. The van der Waals surface area contributed by atoms with Gasteiger partial charge in [-0.25, -0.2) is 14.8 Å². The van der Waals surface area contributed by atoms with Crippen LogP contribution in [0.3, 0.4) is 0 Å². The van der Waals surface area contributed by atoms with Gasteiger partial charge in [-0.3, -0.25) is 0 Å². The number of hydrogen-bond donors (Lipinski definition) is 0. The van der Waals surface area contributed by atoms with Crippen molar-refractivity contribution in [1.82, 2.24) is 9.97 Å². The highest BCUT2D eigenvalue weighted by atomic mass is 16.5. The Labute approximate surface area is 254 Å². The third kappa shape index (κ3) is 12.3. The van der Waals surface area contributed by atoms with E-state index in [4.69, 9.17) is 9.47 Å². The molecule has 2 aromatic carbocycles. The SMILES string of the molecule is CCCCCC[C@@H](C)Oc1ccc(C(=O)Oc2ccc(-c3ncc(CCCCCCCC[C@@H](C)CC)cn3)cc2)cc1. The van der Waals surface area contributed by atoms with Gasteiger partial charge in [0.1, 0.15) is 11.5 Å². The minimum absolute atomic E-state index is 0.155. The van der Waals surface area contributed by atoms with Crippen molar-refractivity contribution in [3.63, 3.8) is 0 Å². The molecule has 3 rings (SSSR count). The van der Waals surface area contributed by atoms with Gasteiger partial charge in [-0.1, -0.05) is 85.0 Å². The molecule has 1 aromatic heterocycles. The summed E-state index contributed by atoms with van der Waals surface area (Å²) in [5, 5.41) is 0. The molecule has 3 aromatic rings. The number of unbranched alkanes of at least 4 members (excludes halogenated alkanes) is 8. The lowest BCUT2D eigenvalue weighted by Crippen LogP contribution is -2.12. The molecule has 2 atom stereocenters. The third-order valence-corrected chi connectivity index (χ3v) is 8.03. The van der Waals surface area contributed by atoms with Crippen LogP contribution in [0.5, 0.6) is 11.5 Å². The van der Waals surface area contributed by atoms with Gasteiger partial charge in [0.2, 0.25) is 0 Å². The summed E-state index contributed by atoms with van der Waals surface area (Å²) >= 11 is 0. The summed E-state index contributed by atoms with van der Waals surface area (Å²) in [4.78, 5) is 21.8. The van der Waals surface area contributed by atoms with E-state index in [0.717, 1.165) is 30.1 Å². The lowest BCUT2D eigenvalue weighted by atomic mass is 9.99. The lowest BCUT2D eigenvalue weighted by Gasteiger charge is -2.14. The van der Waals surface area contributed by atoms with E-state index in [1.807, 2.05) is 36.7 Å². The summed E-state index contributed by atoms with van der Waals surface area (Å²) in [6.07, 6.45) is 21.5. The minimum Gasteiger partial charge on any atom is -0.491 e. The summed E-state index contributed by atoms with van der Waals surface area (Å²) in [7, 11) is 0. The predicted octanol–water partition coefficient (Wildman–Crippen LogP) is 10.4. The number of benzene rings is 2. The van der Waals surface area contributed by atoms with Gasteiger partial charge in [-0.15, -0.1) is 0 Å². The first-order valence-corrected chi connectivity index (χ1v) is 16.4. The molecule has 0 fully saturated rings. The maximum atomic E-state index is 12.7. The van der Waals surface area contributed by atoms with Crippen LogP contribution in [0.15, 0.2) is 60.9 Å². The molecule has 5 nitrogen and oxygen atoms in total. The highest BCUT2D eigenvalue weighted by Gasteiger charge is 2.11. The average Bonchev–Trinajstić information content (AvgIpc) is 3.01. The van der Waals surface area contributed by atoms with E-state index in [2.05, 4.69) is 37.7 Å². The second-order valence-corrected chi connectivity index (χ2v) is 11.8. The standard InChI is InChI=1S/C37H52N2O3/c1-5-7-8-14-17-30(4)41-34-25-21-33(22-26-34)37(40)42-35-23-19-32(20-24-35)36-38-27-31(28-39-36)18-15-12-10-9-11-13-16-29(3)6-2/h19-30H,5-18H2,1-4H3/t29-,30+/m0/s1. The molecule has 0 amide bonds. The zero-order chi connectivity index (χ0) is 30.0. The largest absolute Gasteiger partial charge is 0.491 e. The molecule has 0 unspecified atom stereocenters. The number of carbonyl (C=O) groups excluding carboxylic acids is 1. The Hall–Kier alpha value is -3.21. The molecule has 5 heteroatoms. The molecule has 0 aliphatic heterocycles. The highest BCUT2D eigenvalue weighted by molar-refractivity contribution is 5.91. The number of aryl methyl sites for hydroxylation is 1.